The molecule has 0 bridgehead atoms. The Morgan fingerprint density at radius 3 is 2.69 bits per heavy atom. The van der Waals surface area contributed by atoms with Crippen molar-refractivity contribution in [1.29, 1.82) is 0 Å². The summed E-state index contributed by atoms with van der Waals surface area (Å²) in [5.41, 5.74) is 6.87. The third-order valence-electron chi connectivity index (χ3n) is 3.14. The fraction of sp³-hybridized carbons (Fsp3) is 0.462. The third kappa shape index (κ3) is 2.61. The molecule has 0 spiro atoms. The van der Waals surface area contributed by atoms with Gasteiger partial charge in [-0.25, -0.2) is 0 Å². The highest BCUT2D eigenvalue weighted by atomic mass is 16.2. The highest BCUT2D eigenvalue weighted by Crippen LogP contribution is 2.16. The second kappa shape index (κ2) is 5.12. The molecular formula is C13H18N2O. The zero-order chi connectivity index (χ0) is 11.4. The Hall–Kier alpha value is -1.35. The van der Waals surface area contributed by atoms with Crippen LogP contribution in [0.25, 0.3) is 0 Å². The molecule has 16 heavy (non-hydrogen) atoms. The second-order valence-electron chi connectivity index (χ2n) is 4.38. The first-order chi connectivity index (χ1) is 7.79. The van der Waals surface area contributed by atoms with E-state index in [4.69, 9.17) is 5.73 Å². The molecule has 3 heteroatoms. The van der Waals surface area contributed by atoms with Crippen molar-refractivity contribution >= 4 is 5.91 Å². The summed E-state index contributed by atoms with van der Waals surface area (Å²) in [4.78, 5) is 13.6. The molecule has 1 fully saturated rings. The van der Waals surface area contributed by atoms with Gasteiger partial charge in [0.05, 0.1) is 0 Å². The molecule has 0 radical (unpaired) electrons. The Kier molecular flexibility index (Phi) is 3.57. The van der Waals surface area contributed by atoms with Crippen molar-refractivity contribution in [2.24, 2.45) is 11.7 Å². The van der Waals surface area contributed by atoms with Crippen LogP contribution in [0.5, 0.6) is 0 Å². The largest absolute Gasteiger partial charge is 0.342 e. The quantitative estimate of drug-likeness (QED) is 0.820. The van der Waals surface area contributed by atoms with Crippen LogP contribution in [0.15, 0.2) is 30.3 Å². The lowest BCUT2D eigenvalue weighted by molar-refractivity contribution is -0.127. The number of nitrogens with two attached hydrogens (primary N) is 1. The molecule has 1 atom stereocenters. The molecule has 1 heterocycles. The van der Waals surface area contributed by atoms with Crippen LogP contribution >= 0.6 is 0 Å². The third-order valence-corrected chi connectivity index (χ3v) is 3.14. The standard InChI is InChI=1S/C13H18N2O/c14-9-12-8-13(16)15(10-12)7-6-11-4-2-1-3-5-11/h1-5,12H,6-10,14H2/t12-/m1/s1. The van der Waals surface area contributed by atoms with Crippen molar-refractivity contribution in [2.45, 2.75) is 12.8 Å². The molecule has 0 saturated carbocycles. The van der Waals surface area contributed by atoms with Crippen molar-refractivity contribution in [1.82, 2.24) is 4.90 Å². The molecule has 0 aliphatic carbocycles. The fourth-order valence-corrected chi connectivity index (χ4v) is 2.14. The number of amides is 1. The molecule has 1 aromatic rings. The summed E-state index contributed by atoms with van der Waals surface area (Å²) in [5, 5.41) is 0. The smallest absolute Gasteiger partial charge is 0.222 e. The average molecular weight is 218 g/mol. The molecule has 2 N–H and O–H groups in total. The zero-order valence-electron chi connectivity index (χ0n) is 9.43. The van der Waals surface area contributed by atoms with E-state index in [1.54, 1.807) is 0 Å². The van der Waals surface area contributed by atoms with Gasteiger partial charge in [-0.15, -0.1) is 0 Å². The van der Waals surface area contributed by atoms with Crippen molar-refractivity contribution < 1.29 is 4.79 Å². The van der Waals surface area contributed by atoms with E-state index in [1.807, 2.05) is 23.1 Å². The number of rotatable bonds is 4. The first kappa shape index (κ1) is 11.1. The summed E-state index contributed by atoms with van der Waals surface area (Å²) in [7, 11) is 0. The fourth-order valence-electron chi connectivity index (χ4n) is 2.14. The van der Waals surface area contributed by atoms with Crippen LogP contribution in [-0.4, -0.2) is 30.4 Å². The van der Waals surface area contributed by atoms with Gasteiger partial charge in [-0.1, -0.05) is 30.3 Å². The Bertz CT molecular complexity index is 350. The zero-order valence-corrected chi connectivity index (χ0v) is 9.43. The van der Waals surface area contributed by atoms with Crippen LogP contribution in [0.3, 0.4) is 0 Å². The minimum atomic E-state index is 0.256. The summed E-state index contributed by atoms with van der Waals surface area (Å²) in [6.45, 7) is 2.27. The van der Waals surface area contributed by atoms with Gasteiger partial charge >= 0.3 is 0 Å². The number of hydrogen-bond donors (Lipinski definition) is 1. The summed E-state index contributed by atoms with van der Waals surface area (Å²) < 4.78 is 0. The van der Waals surface area contributed by atoms with E-state index in [1.165, 1.54) is 5.56 Å². The number of benzene rings is 1. The van der Waals surface area contributed by atoms with Gasteiger partial charge in [0.25, 0.3) is 0 Å². The monoisotopic (exact) mass is 218 g/mol. The molecule has 0 unspecified atom stereocenters. The Labute approximate surface area is 96.2 Å². The van der Waals surface area contributed by atoms with Gasteiger partial charge in [-0.2, -0.15) is 0 Å². The molecule has 2 rings (SSSR count). The highest BCUT2D eigenvalue weighted by molar-refractivity contribution is 5.78. The maximum absolute atomic E-state index is 11.6. The first-order valence-corrected chi connectivity index (χ1v) is 5.81. The van der Waals surface area contributed by atoms with Gasteiger partial charge in [-0.05, 0) is 24.4 Å². The second-order valence-corrected chi connectivity index (χ2v) is 4.38. The molecule has 1 saturated heterocycles. The van der Waals surface area contributed by atoms with E-state index >= 15 is 0 Å². The van der Waals surface area contributed by atoms with Gasteiger partial charge in [0.2, 0.25) is 5.91 Å². The van der Waals surface area contributed by atoms with Crippen molar-refractivity contribution in [3.63, 3.8) is 0 Å². The maximum atomic E-state index is 11.6. The van der Waals surface area contributed by atoms with Crippen LogP contribution in [-0.2, 0) is 11.2 Å². The van der Waals surface area contributed by atoms with Crippen LogP contribution < -0.4 is 5.73 Å². The number of carbonyl (C=O) groups is 1. The summed E-state index contributed by atoms with van der Waals surface area (Å²) in [5.74, 6) is 0.620. The van der Waals surface area contributed by atoms with Crippen LogP contribution in [0.1, 0.15) is 12.0 Å². The van der Waals surface area contributed by atoms with Gasteiger partial charge in [0, 0.05) is 19.5 Å². The lowest BCUT2D eigenvalue weighted by atomic mass is 10.1. The van der Waals surface area contributed by atoms with E-state index in [9.17, 15) is 4.79 Å². The molecule has 1 amide bonds. The Morgan fingerprint density at radius 1 is 1.31 bits per heavy atom. The Balaban J connectivity index is 1.85. The van der Waals surface area contributed by atoms with Gasteiger partial charge < -0.3 is 10.6 Å². The molecular weight excluding hydrogens is 200 g/mol. The minimum absolute atomic E-state index is 0.256. The molecule has 1 aliphatic rings. The topological polar surface area (TPSA) is 46.3 Å². The first-order valence-electron chi connectivity index (χ1n) is 5.81. The van der Waals surface area contributed by atoms with Gasteiger partial charge in [-0.3, -0.25) is 4.79 Å². The molecule has 1 aliphatic heterocycles. The number of hydrogen-bond acceptors (Lipinski definition) is 2. The van der Waals surface area contributed by atoms with E-state index in [2.05, 4.69) is 12.1 Å². The molecule has 1 aromatic carbocycles. The summed E-state index contributed by atoms with van der Waals surface area (Å²) >= 11 is 0. The summed E-state index contributed by atoms with van der Waals surface area (Å²) in [6, 6.07) is 10.3. The predicted octanol–water partition coefficient (Wildman–Crippen LogP) is 1.04. The molecule has 86 valence electrons. The van der Waals surface area contributed by atoms with Gasteiger partial charge in [0.15, 0.2) is 0 Å². The van der Waals surface area contributed by atoms with Crippen molar-refractivity contribution in [2.75, 3.05) is 19.6 Å². The van der Waals surface area contributed by atoms with Crippen LogP contribution in [0.4, 0.5) is 0 Å². The lowest BCUT2D eigenvalue weighted by Crippen LogP contribution is -2.28. The van der Waals surface area contributed by atoms with Crippen molar-refractivity contribution in [3.8, 4) is 0 Å². The molecule has 3 nitrogen and oxygen atoms in total. The van der Waals surface area contributed by atoms with E-state index in [0.29, 0.717) is 18.9 Å². The van der Waals surface area contributed by atoms with E-state index in [0.717, 1.165) is 19.5 Å². The minimum Gasteiger partial charge on any atom is -0.342 e. The van der Waals surface area contributed by atoms with Crippen LogP contribution in [0, 0.1) is 5.92 Å². The SMILES string of the molecule is NC[C@H]1CC(=O)N(CCc2ccccc2)C1. The average Bonchev–Trinajstić information content (AvgIpc) is 2.69. The number of likely N-dealkylation sites (tertiary alicyclic amines) is 1. The van der Waals surface area contributed by atoms with Crippen molar-refractivity contribution in [3.05, 3.63) is 35.9 Å². The number of nitrogens with zero attached hydrogens (tertiary/aromatic N) is 1. The lowest BCUT2D eigenvalue weighted by Gasteiger charge is -2.16. The van der Waals surface area contributed by atoms with E-state index < -0.39 is 0 Å². The van der Waals surface area contributed by atoms with Gasteiger partial charge in [0.1, 0.15) is 0 Å². The summed E-state index contributed by atoms with van der Waals surface area (Å²) in [6.07, 6.45) is 1.56. The normalized spacial score (nSPS) is 20.4. The van der Waals surface area contributed by atoms with Crippen LogP contribution in [0.2, 0.25) is 0 Å². The predicted molar refractivity (Wildman–Crippen MR) is 63.9 cm³/mol. The number of carbonyl (C=O) groups excluding carboxylic acids is 1. The van der Waals surface area contributed by atoms with E-state index in [-0.39, 0.29) is 5.91 Å². The maximum Gasteiger partial charge on any atom is 0.222 e. The highest BCUT2D eigenvalue weighted by Gasteiger charge is 2.27. The molecule has 0 aromatic heterocycles. The Morgan fingerprint density at radius 2 is 2.06 bits per heavy atom.